The highest BCUT2D eigenvalue weighted by Gasteiger charge is 2.21. The second-order valence-corrected chi connectivity index (χ2v) is 3.84. The lowest BCUT2D eigenvalue weighted by atomic mass is 10.3. The van der Waals surface area contributed by atoms with Crippen LogP contribution in [0.4, 0.5) is 0 Å². The van der Waals surface area contributed by atoms with Crippen LogP contribution >= 0.6 is 23.2 Å². The highest BCUT2D eigenvalue weighted by molar-refractivity contribution is 6.44. The summed E-state index contributed by atoms with van der Waals surface area (Å²) in [5.41, 5.74) is 0. The molecule has 0 aliphatic carbocycles. The topological polar surface area (TPSA) is 21.8 Å². The Morgan fingerprint density at radius 1 is 1.55 bits per heavy atom. The lowest BCUT2D eigenvalue weighted by Crippen LogP contribution is -2.03. The van der Waals surface area contributed by atoms with Gasteiger partial charge in [0.25, 0.3) is 0 Å². The average Bonchev–Trinajstić information content (AvgIpc) is 2.70. The van der Waals surface area contributed by atoms with Crippen LogP contribution in [0, 0.1) is 0 Å². The van der Waals surface area contributed by atoms with E-state index in [9.17, 15) is 0 Å². The molecule has 1 unspecified atom stereocenters. The van der Waals surface area contributed by atoms with Crippen molar-refractivity contribution in [3.63, 3.8) is 0 Å². The largest absolute Gasteiger partial charge is 0.379 e. The number of halogens is 2. The van der Waals surface area contributed by atoms with Gasteiger partial charge < -0.3 is 9.47 Å². The van der Waals surface area contributed by atoms with Crippen LogP contribution < -0.4 is 0 Å². The van der Waals surface area contributed by atoms with E-state index in [-0.39, 0.29) is 4.84 Å². The normalized spacial score (nSPS) is 22.6. The molecule has 0 bridgehead atoms. The first-order valence-electron chi connectivity index (χ1n) is 3.76. The summed E-state index contributed by atoms with van der Waals surface area (Å²) in [5, 5.41) is 0. The highest BCUT2D eigenvalue weighted by atomic mass is 35.5. The Morgan fingerprint density at radius 2 is 2.27 bits per heavy atom. The molecule has 11 heavy (non-hydrogen) atoms. The zero-order chi connectivity index (χ0) is 8.10. The van der Waals surface area contributed by atoms with Crippen LogP contribution in [0.2, 0.25) is 0 Å². The third-order valence-corrected chi connectivity index (χ3v) is 1.85. The monoisotopic (exact) mass is 198 g/mol. The van der Waals surface area contributed by atoms with E-state index in [4.69, 9.17) is 32.7 Å². The summed E-state index contributed by atoms with van der Waals surface area (Å²) in [5.74, 6) is 0. The van der Waals surface area contributed by atoms with E-state index < -0.39 is 0 Å². The molecule has 0 aromatic rings. The molecule has 1 rings (SSSR count). The summed E-state index contributed by atoms with van der Waals surface area (Å²) >= 11 is 11.0. The third kappa shape index (κ3) is 5.74. The van der Waals surface area contributed by atoms with Gasteiger partial charge >= 0.3 is 0 Å². The van der Waals surface area contributed by atoms with Crippen molar-refractivity contribution in [2.45, 2.75) is 23.8 Å². The van der Waals surface area contributed by atoms with Gasteiger partial charge in [-0.25, -0.2) is 0 Å². The molecule has 4 heteroatoms. The van der Waals surface area contributed by atoms with Crippen molar-refractivity contribution in [2.24, 2.45) is 0 Å². The second-order valence-electron chi connectivity index (χ2n) is 2.56. The summed E-state index contributed by atoms with van der Waals surface area (Å²) in [6, 6.07) is 0. The van der Waals surface area contributed by atoms with E-state index in [0.29, 0.717) is 6.10 Å². The van der Waals surface area contributed by atoms with Crippen molar-refractivity contribution < 1.29 is 9.47 Å². The molecule has 66 valence electrons. The fourth-order valence-corrected chi connectivity index (χ4v) is 1.03. The standard InChI is InChI=1S/C7H12Cl2O2/c8-7(9)2-1-3-10-4-6-5-11-6/h6-7H,1-5H2. The predicted octanol–water partition coefficient (Wildman–Crippen LogP) is 1.99. The van der Waals surface area contributed by atoms with E-state index in [1.54, 1.807) is 0 Å². The Balaban J connectivity index is 1.73. The number of alkyl halides is 2. The summed E-state index contributed by atoms with van der Waals surface area (Å²) in [6.07, 6.45) is 2.08. The van der Waals surface area contributed by atoms with Crippen LogP contribution in [0.25, 0.3) is 0 Å². The zero-order valence-electron chi connectivity index (χ0n) is 6.26. The van der Waals surface area contributed by atoms with Crippen LogP contribution in [0.15, 0.2) is 0 Å². The minimum atomic E-state index is -0.254. The minimum Gasteiger partial charge on any atom is -0.379 e. The van der Waals surface area contributed by atoms with Gasteiger partial charge in [0.2, 0.25) is 0 Å². The van der Waals surface area contributed by atoms with Crippen molar-refractivity contribution in [3.8, 4) is 0 Å². The van der Waals surface area contributed by atoms with E-state index in [0.717, 1.165) is 32.7 Å². The second kappa shape index (κ2) is 5.20. The summed E-state index contributed by atoms with van der Waals surface area (Å²) < 4.78 is 10.2. The van der Waals surface area contributed by atoms with Crippen LogP contribution in [0.1, 0.15) is 12.8 Å². The van der Waals surface area contributed by atoms with Crippen LogP contribution in [-0.4, -0.2) is 30.8 Å². The minimum absolute atomic E-state index is 0.254. The smallest absolute Gasteiger partial charge is 0.107 e. The number of hydrogen-bond acceptors (Lipinski definition) is 2. The molecule has 0 radical (unpaired) electrons. The third-order valence-electron chi connectivity index (χ3n) is 1.42. The molecule has 0 spiro atoms. The lowest BCUT2D eigenvalue weighted by molar-refractivity contribution is 0.114. The number of hydrogen-bond donors (Lipinski definition) is 0. The van der Waals surface area contributed by atoms with E-state index in [1.165, 1.54) is 0 Å². The van der Waals surface area contributed by atoms with Gasteiger partial charge in [-0.1, -0.05) is 0 Å². The Labute approximate surface area is 76.8 Å². The molecular formula is C7H12Cl2O2. The highest BCUT2D eigenvalue weighted by Crippen LogP contribution is 2.11. The Kier molecular flexibility index (Phi) is 4.53. The molecule has 0 saturated carbocycles. The summed E-state index contributed by atoms with van der Waals surface area (Å²) in [4.78, 5) is -0.254. The molecular weight excluding hydrogens is 187 g/mol. The summed E-state index contributed by atoms with van der Waals surface area (Å²) in [6.45, 7) is 2.30. The van der Waals surface area contributed by atoms with Gasteiger partial charge in [0, 0.05) is 6.61 Å². The number of ether oxygens (including phenoxy) is 2. The maximum atomic E-state index is 5.52. The molecule has 0 amide bonds. The van der Waals surface area contributed by atoms with E-state index in [2.05, 4.69) is 0 Å². The Hall–Kier alpha value is 0.500. The molecule has 2 nitrogen and oxygen atoms in total. The number of epoxide rings is 1. The maximum Gasteiger partial charge on any atom is 0.107 e. The molecule has 0 aromatic heterocycles. The van der Waals surface area contributed by atoms with Gasteiger partial charge in [0.1, 0.15) is 10.9 Å². The van der Waals surface area contributed by atoms with Crippen molar-refractivity contribution in [3.05, 3.63) is 0 Å². The molecule has 1 aliphatic rings. The fraction of sp³-hybridized carbons (Fsp3) is 1.00. The quantitative estimate of drug-likeness (QED) is 0.370. The van der Waals surface area contributed by atoms with Crippen LogP contribution in [0.5, 0.6) is 0 Å². The van der Waals surface area contributed by atoms with E-state index in [1.807, 2.05) is 0 Å². The van der Waals surface area contributed by atoms with Crippen LogP contribution in [-0.2, 0) is 9.47 Å². The van der Waals surface area contributed by atoms with Gasteiger partial charge in [-0.15, -0.1) is 23.2 Å². The lowest BCUT2D eigenvalue weighted by Gasteiger charge is -2.01. The number of rotatable bonds is 6. The first-order valence-corrected chi connectivity index (χ1v) is 4.64. The Morgan fingerprint density at radius 3 is 2.82 bits per heavy atom. The molecule has 1 aliphatic heterocycles. The fourth-order valence-electron chi connectivity index (χ4n) is 0.719. The van der Waals surface area contributed by atoms with Crippen LogP contribution in [0.3, 0.4) is 0 Å². The van der Waals surface area contributed by atoms with Gasteiger partial charge in [0.05, 0.1) is 13.2 Å². The van der Waals surface area contributed by atoms with Crippen molar-refractivity contribution in [1.82, 2.24) is 0 Å². The molecule has 1 fully saturated rings. The van der Waals surface area contributed by atoms with Gasteiger partial charge in [-0.05, 0) is 12.8 Å². The van der Waals surface area contributed by atoms with E-state index >= 15 is 0 Å². The maximum absolute atomic E-state index is 5.52. The van der Waals surface area contributed by atoms with Crippen molar-refractivity contribution >= 4 is 23.2 Å². The first-order chi connectivity index (χ1) is 5.29. The van der Waals surface area contributed by atoms with Gasteiger partial charge in [-0.3, -0.25) is 0 Å². The molecule has 1 atom stereocenters. The predicted molar refractivity (Wildman–Crippen MR) is 45.3 cm³/mol. The van der Waals surface area contributed by atoms with Gasteiger partial charge in [0.15, 0.2) is 0 Å². The van der Waals surface area contributed by atoms with Crippen molar-refractivity contribution in [1.29, 1.82) is 0 Å². The molecule has 0 N–H and O–H groups in total. The molecule has 1 heterocycles. The summed E-state index contributed by atoms with van der Waals surface area (Å²) in [7, 11) is 0. The van der Waals surface area contributed by atoms with Crippen molar-refractivity contribution in [2.75, 3.05) is 19.8 Å². The molecule has 0 aromatic carbocycles. The molecule has 1 saturated heterocycles. The SMILES string of the molecule is ClC(Cl)CCCOCC1CO1. The first kappa shape index (κ1) is 9.59. The average molecular weight is 199 g/mol. The Bertz CT molecular complexity index is 101. The zero-order valence-corrected chi connectivity index (χ0v) is 7.77. The van der Waals surface area contributed by atoms with Gasteiger partial charge in [-0.2, -0.15) is 0 Å².